The lowest BCUT2D eigenvalue weighted by Gasteiger charge is -2.31. The van der Waals surface area contributed by atoms with E-state index in [1.807, 2.05) is 30.3 Å². The van der Waals surface area contributed by atoms with Crippen molar-refractivity contribution in [1.29, 1.82) is 0 Å². The van der Waals surface area contributed by atoms with E-state index in [0.29, 0.717) is 42.7 Å². The molecule has 4 rings (SSSR count). The van der Waals surface area contributed by atoms with Crippen LogP contribution in [0, 0.1) is 11.8 Å². The molecular formula is C25H32N2O3S. The molecule has 2 aromatic carbocycles. The number of hydrogen-bond acceptors (Lipinski definition) is 3. The van der Waals surface area contributed by atoms with Gasteiger partial charge in [-0.2, -0.15) is 4.31 Å². The second-order valence-electron chi connectivity index (χ2n) is 9.14. The van der Waals surface area contributed by atoms with Crippen molar-refractivity contribution in [2.45, 2.75) is 56.4 Å². The van der Waals surface area contributed by atoms with Crippen molar-refractivity contribution in [3.05, 3.63) is 65.7 Å². The molecule has 6 heteroatoms. The molecule has 2 aromatic rings. The van der Waals surface area contributed by atoms with Gasteiger partial charge in [-0.15, -0.1) is 0 Å². The Morgan fingerprint density at radius 2 is 1.52 bits per heavy atom. The van der Waals surface area contributed by atoms with Crippen molar-refractivity contribution in [3.8, 4) is 0 Å². The molecule has 1 heterocycles. The van der Waals surface area contributed by atoms with Crippen molar-refractivity contribution in [1.82, 2.24) is 9.62 Å². The van der Waals surface area contributed by atoms with Gasteiger partial charge >= 0.3 is 0 Å². The molecule has 0 unspecified atom stereocenters. The molecule has 0 radical (unpaired) electrons. The largest absolute Gasteiger partial charge is 0.349 e. The summed E-state index contributed by atoms with van der Waals surface area (Å²) < 4.78 is 27.6. The molecule has 0 aromatic heterocycles. The molecule has 2 fully saturated rings. The molecule has 1 saturated heterocycles. The fourth-order valence-corrected chi connectivity index (χ4v) is 5.84. The maximum absolute atomic E-state index is 13.0. The molecule has 0 spiro atoms. The topological polar surface area (TPSA) is 66.5 Å². The molecule has 1 aliphatic carbocycles. The van der Waals surface area contributed by atoms with Gasteiger partial charge in [0.1, 0.15) is 0 Å². The molecule has 166 valence electrons. The summed E-state index contributed by atoms with van der Waals surface area (Å²) in [4.78, 5) is 13.3. The SMILES string of the molecule is CC(C)c1ccc(S(=O)(=O)N2CCC(C(=O)N[C@@H](c3ccccc3)C3CC3)CC2)cc1. The maximum Gasteiger partial charge on any atom is 0.243 e. The van der Waals surface area contributed by atoms with E-state index >= 15 is 0 Å². The first-order valence-electron chi connectivity index (χ1n) is 11.3. The molecule has 1 atom stereocenters. The van der Waals surface area contributed by atoms with Crippen molar-refractivity contribution in [2.75, 3.05) is 13.1 Å². The van der Waals surface area contributed by atoms with Crippen LogP contribution in [0.25, 0.3) is 0 Å². The van der Waals surface area contributed by atoms with Gasteiger partial charge in [0.25, 0.3) is 0 Å². The summed E-state index contributed by atoms with van der Waals surface area (Å²) in [6, 6.07) is 17.4. The standard InChI is InChI=1S/C25H32N2O3S/c1-18(2)19-10-12-23(13-11-19)31(29,30)27-16-14-22(15-17-27)25(28)26-24(21-8-9-21)20-6-4-3-5-7-20/h3-7,10-13,18,21-22,24H,8-9,14-17H2,1-2H3,(H,26,28)/t24-/m0/s1. The maximum atomic E-state index is 13.0. The van der Waals surface area contributed by atoms with Gasteiger partial charge in [0.15, 0.2) is 0 Å². The summed E-state index contributed by atoms with van der Waals surface area (Å²) >= 11 is 0. The molecular weight excluding hydrogens is 408 g/mol. The van der Waals surface area contributed by atoms with Gasteiger partial charge in [0, 0.05) is 19.0 Å². The van der Waals surface area contributed by atoms with Crippen LogP contribution in [0.4, 0.5) is 0 Å². The molecule has 0 bridgehead atoms. The van der Waals surface area contributed by atoms with E-state index in [4.69, 9.17) is 0 Å². The van der Waals surface area contributed by atoms with Gasteiger partial charge in [-0.1, -0.05) is 56.3 Å². The number of amides is 1. The van der Waals surface area contributed by atoms with E-state index in [1.54, 1.807) is 12.1 Å². The summed E-state index contributed by atoms with van der Waals surface area (Å²) in [5.74, 6) is 0.792. The third kappa shape index (κ3) is 5.01. The molecule has 5 nitrogen and oxygen atoms in total. The smallest absolute Gasteiger partial charge is 0.243 e. The van der Waals surface area contributed by atoms with E-state index in [2.05, 4.69) is 31.3 Å². The number of benzene rings is 2. The first-order chi connectivity index (χ1) is 14.9. The Bertz CT molecular complexity index is 991. The van der Waals surface area contributed by atoms with E-state index in [0.717, 1.165) is 24.0 Å². The summed E-state index contributed by atoms with van der Waals surface area (Å²) in [5.41, 5.74) is 2.28. The number of rotatable bonds is 7. The van der Waals surface area contributed by atoms with Crippen molar-refractivity contribution >= 4 is 15.9 Å². The Balaban J connectivity index is 1.37. The zero-order valence-electron chi connectivity index (χ0n) is 18.3. The van der Waals surface area contributed by atoms with Gasteiger partial charge in [-0.3, -0.25) is 4.79 Å². The van der Waals surface area contributed by atoms with Gasteiger partial charge in [-0.25, -0.2) is 8.42 Å². The Kier molecular flexibility index (Phi) is 6.49. The molecule has 1 aliphatic heterocycles. The Labute approximate surface area is 185 Å². The third-order valence-corrected chi connectivity index (χ3v) is 8.47. The van der Waals surface area contributed by atoms with E-state index in [1.165, 1.54) is 4.31 Å². The van der Waals surface area contributed by atoms with Crippen LogP contribution >= 0.6 is 0 Å². The van der Waals surface area contributed by atoms with Crippen LogP contribution in [0.2, 0.25) is 0 Å². The van der Waals surface area contributed by atoms with Crippen LogP contribution in [0.1, 0.15) is 62.6 Å². The van der Waals surface area contributed by atoms with Crippen molar-refractivity contribution < 1.29 is 13.2 Å². The first kappa shape index (κ1) is 22.0. The number of nitrogens with zero attached hydrogens (tertiary/aromatic N) is 1. The summed E-state index contributed by atoms with van der Waals surface area (Å²) in [6.45, 7) is 4.94. The van der Waals surface area contributed by atoms with Crippen LogP contribution in [0.5, 0.6) is 0 Å². The summed E-state index contributed by atoms with van der Waals surface area (Å²) in [7, 11) is -3.52. The summed E-state index contributed by atoms with van der Waals surface area (Å²) in [6.07, 6.45) is 3.40. The Morgan fingerprint density at radius 1 is 0.903 bits per heavy atom. The van der Waals surface area contributed by atoms with E-state index in [-0.39, 0.29) is 17.9 Å². The minimum atomic E-state index is -3.52. The van der Waals surface area contributed by atoms with Gasteiger partial charge in [0.2, 0.25) is 15.9 Å². The second-order valence-corrected chi connectivity index (χ2v) is 11.1. The quantitative estimate of drug-likeness (QED) is 0.690. The monoisotopic (exact) mass is 440 g/mol. The highest BCUT2D eigenvalue weighted by atomic mass is 32.2. The minimum Gasteiger partial charge on any atom is -0.349 e. The lowest BCUT2D eigenvalue weighted by atomic mass is 9.95. The fourth-order valence-electron chi connectivity index (χ4n) is 4.37. The van der Waals surface area contributed by atoms with Crippen LogP contribution in [0.3, 0.4) is 0 Å². The van der Waals surface area contributed by atoms with Crippen LogP contribution < -0.4 is 5.32 Å². The molecule has 2 aliphatic rings. The van der Waals surface area contributed by atoms with Gasteiger partial charge in [-0.05, 0) is 60.8 Å². The van der Waals surface area contributed by atoms with Crippen LogP contribution in [-0.2, 0) is 14.8 Å². The number of carbonyl (C=O) groups excluding carboxylic acids is 1. The molecule has 1 saturated carbocycles. The normalized spacial score (nSPS) is 19.3. The lowest BCUT2D eigenvalue weighted by Crippen LogP contribution is -2.43. The number of piperidine rings is 1. The number of nitrogens with one attached hydrogen (secondary N) is 1. The van der Waals surface area contributed by atoms with Crippen LogP contribution in [-0.4, -0.2) is 31.7 Å². The minimum absolute atomic E-state index is 0.0547. The highest BCUT2D eigenvalue weighted by Crippen LogP contribution is 2.41. The molecule has 31 heavy (non-hydrogen) atoms. The zero-order valence-corrected chi connectivity index (χ0v) is 19.1. The van der Waals surface area contributed by atoms with Crippen molar-refractivity contribution in [3.63, 3.8) is 0 Å². The number of hydrogen-bond donors (Lipinski definition) is 1. The first-order valence-corrected chi connectivity index (χ1v) is 12.8. The highest BCUT2D eigenvalue weighted by molar-refractivity contribution is 7.89. The summed E-state index contributed by atoms with van der Waals surface area (Å²) in [5, 5.41) is 3.26. The fraction of sp³-hybridized carbons (Fsp3) is 0.480. The number of carbonyl (C=O) groups is 1. The predicted octanol–water partition coefficient (Wildman–Crippen LogP) is 4.48. The zero-order chi connectivity index (χ0) is 22.0. The average Bonchev–Trinajstić information content (AvgIpc) is 3.63. The number of sulfonamides is 1. The Morgan fingerprint density at radius 3 is 2.06 bits per heavy atom. The van der Waals surface area contributed by atoms with E-state index in [9.17, 15) is 13.2 Å². The average molecular weight is 441 g/mol. The molecule has 1 N–H and O–H groups in total. The predicted molar refractivity (Wildman–Crippen MR) is 122 cm³/mol. The second kappa shape index (κ2) is 9.13. The van der Waals surface area contributed by atoms with Crippen LogP contribution in [0.15, 0.2) is 59.5 Å². The van der Waals surface area contributed by atoms with Gasteiger partial charge in [0.05, 0.1) is 10.9 Å². The van der Waals surface area contributed by atoms with Gasteiger partial charge < -0.3 is 5.32 Å². The van der Waals surface area contributed by atoms with Crippen molar-refractivity contribution in [2.24, 2.45) is 11.8 Å². The lowest BCUT2D eigenvalue weighted by molar-refractivity contribution is -0.127. The third-order valence-electron chi connectivity index (χ3n) is 6.56. The molecule has 1 amide bonds. The Hall–Kier alpha value is -2.18. The highest BCUT2D eigenvalue weighted by Gasteiger charge is 2.36. The van der Waals surface area contributed by atoms with E-state index < -0.39 is 10.0 Å².